The van der Waals surface area contributed by atoms with Crippen molar-refractivity contribution in [3.8, 4) is 0 Å². The number of nitrogens with zero attached hydrogens (tertiary/aromatic N) is 1. The molecular weight excluding hydrogens is 331 g/mol. The summed E-state index contributed by atoms with van der Waals surface area (Å²) in [5.41, 5.74) is 1.87. The maximum atomic E-state index is 13.6. The van der Waals surface area contributed by atoms with Gasteiger partial charge in [0.2, 0.25) is 0 Å². The maximum Gasteiger partial charge on any atom is 0.137 e. The minimum atomic E-state index is -0.265. The van der Waals surface area contributed by atoms with Crippen LogP contribution in [0.3, 0.4) is 0 Å². The lowest BCUT2D eigenvalue weighted by molar-refractivity contribution is 0.575. The SMILES string of the molecule is CNC(Cc1ccncc1Cl)c1ccc(Br)c(F)c1. The van der Waals surface area contributed by atoms with E-state index >= 15 is 0 Å². The molecule has 0 aliphatic heterocycles. The molecule has 19 heavy (non-hydrogen) atoms. The van der Waals surface area contributed by atoms with Crippen LogP contribution < -0.4 is 5.32 Å². The van der Waals surface area contributed by atoms with Crippen LogP contribution in [0.2, 0.25) is 5.02 Å². The fourth-order valence-electron chi connectivity index (χ4n) is 1.91. The Labute approximate surface area is 125 Å². The summed E-state index contributed by atoms with van der Waals surface area (Å²) in [6, 6.07) is 7.01. The predicted octanol–water partition coefficient (Wildman–Crippen LogP) is 4.14. The van der Waals surface area contributed by atoms with Gasteiger partial charge in [-0.25, -0.2) is 4.39 Å². The van der Waals surface area contributed by atoms with Crippen molar-refractivity contribution >= 4 is 27.5 Å². The van der Waals surface area contributed by atoms with Gasteiger partial charge in [0.15, 0.2) is 0 Å². The second kappa shape index (κ2) is 6.46. The number of pyridine rings is 1. The minimum Gasteiger partial charge on any atom is -0.313 e. The van der Waals surface area contributed by atoms with E-state index in [-0.39, 0.29) is 11.9 Å². The molecule has 5 heteroatoms. The van der Waals surface area contributed by atoms with Crippen LogP contribution in [0.1, 0.15) is 17.2 Å². The molecule has 1 heterocycles. The zero-order valence-corrected chi connectivity index (χ0v) is 12.7. The Morgan fingerprint density at radius 3 is 2.84 bits per heavy atom. The zero-order chi connectivity index (χ0) is 13.8. The highest BCUT2D eigenvalue weighted by atomic mass is 79.9. The molecule has 0 aliphatic rings. The van der Waals surface area contributed by atoms with E-state index in [1.165, 1.54) is 6.07 Å². The maximum absolute atomic E-state index is 13.6. The molecule has 0 spiro atoms. The van der Waals surface area contributed by atoms with Crippen molar-refractivity contribution in [1.29, 1.82) is 0 Å². The lowest BCUT2D eigenvalue weighted by Gasteiger charge is -2.17. The Balaban J connectivity index is 2.25. The molecule has 2 nitrogen and oxygen atoms in total. The van der Waals surface area contributed by atoms with Crippen LogP contribution in [0.15, 0.2) is 41.1 Å². The number of halogens is 3. The molecule has 1 aromatic carbocycles. The minimum absolute atomic E-state index is 0.00231. The third-order valence-corrected chi connectivity index (χ3v) is 3.96. The molecule has 0 radical (unpaired) electrons. The quantitative estimate of drug-likeness (QED) is 0.902. The Morgan fingerprint density at radius 1 is 1.42 bits per heavy atom. The summed E-state index contributed by atoms with van der Waals surface area (Å²) in [5, 5.41) is 3.81. The van der Waals surface area contributed by atoms with Gasteiger partial charge in [-0.3, -0.25) is 4.98 Å². The molecular formula is C14H13BrClFN2. The Kier molecular flexibility index (Phi) is 4.91. The molecule has 1 unspecified atom stereocenters. The lowest BCUT2D eigenvalue weighted by atomic mass is 9.99. The van der Waals surface area contributed by atoms with Crippen LogP contribution in [-0.4, -0.2) is 12.0 Å². The van der Waals surface area contributed by atoms with Crippen molar-refractivity contribution in [3.05, 3.63) is 63.1 Å². The zero-order valence-electron chi connectivity index (χ0n) is 10.3. The van der Waals surface area contributed by atoms with Gasteiger partial charge >= 0.3 is 0 Å². The standard InChI is InChI=1S/C14H13BrClFN2/c1-18-14(7-9-4-5-19-8-12(9)16)10-2-3-11(15)13(17)6-10/h2-6,8,14,18H,7H2,1H3. The van der Waals surface area contributed by atoms with Crippen LogP contribution >= 0.6 is 27.5 Å². The first-order chi connectivity index (χ1) is 9.11. The largest absolute Gasteiger partial charge is 0.313 e. The van der Waals surface area contributed by atoms with Crippen molar-refractivity contribution in [3.63, 3.8) is 0 Å². The van der Waals surface area contributed by atoms with Crippen molar-refractivity contribution in [2.75, 3.05) is 7.05 Å². The summed E-state index contributed by atoms with van der Waals surface area (Å²) in [7, 11) is 1.85. The highest BCUT2D eigenvalue weighted by Crippen LogP contribution is 2.25. The molecule has 0 saturated heterocycles. The highest BCUT2D eigenvalue weighted by molar-refractivity contribution is 9.10. The number of benzene rings is 1. The van der Waals surface area contributed by atoms with E-state index in [1.807, 2.05) is 19.2 Å². The van der Waals surface area contributed by atoms with Gasteiger partial charge in [0.25, 0.3) is 0 Å². The number of likely N-dealkylation sites (N-methyl/N-ethyl adjacent to an activating group) is 1. The first kappa shape index (κ1) is 14.4. The van der Waals surface area contributed by atoms with Crippen molar-refractivity contribution < 1.29 is 4.39 Å². The van der Waals surface area contributed by atoms with Crippen molar-refractivity contribution in [2.24, 2.45) is 0 Å². The fourth-order valence-corrected chi connectivity index (χ4v) is 2.35. The summed E-state index contributed by atoms with van der Waals surface area (Å²) >= 11 is 9.25. The number of hydrogen-bond acceptors (Lipinski definition) is 2. The van der Waals surface area contributed by atoms with E-state index in [0.717, 1.165) is 11.1 Å². The molecule has 2 rings (SSSR count). The van der Waals surface area contributed by atoms with E-state index in [2.05, 4.69) is 26.2 Å². The molecule has 1 atom stereocenters. The van der Waals surface area contributed by atoms with Gasteiger partial charge in [-0.05, 0) is 58.7 Å². The van der Waals surface area contributed by atoms with Crippen LogP contribution in [-0.2, 0) is 6.42 Å². The normalized spacial score (nSPS) is 12.4. The van der Waals surface area contributed by atoms with Gasteiger partial charge in [-0.2, -0.15) is 0 Å². The van der Waals surface area contributed by atoms with Gasteiger partial charge in [0.1, 0.15) is 5.82 Å². The molecule has 100 valence electrons. The molecule has 1 N–H and O–H groups in total. The monoisotopic (exact) mass is 342 g/mol. The Hall–Kier alpha value is -0.970. The van der Waals surface area contributed by atoms with E-state index < -0.39 is 0 Å². The van der Waals surface area contributed by atoms with Crippen LogP contribution in [0.25, 0.3) is 0 Å². The number of hydrogen-bond donors (Lipinski definition) is 1. The molecule has 0 fully saturated rings. The van der Waals surface area contributed by atoms with E-state index in [1.54, 1.807) is 18.5 Å². The third-order valence-electron chi connectivity index (χ3n) is 2.97. The number of rotatable bonds is 4. The van der Waals surface area contributed by atoms with Gasteiger partial charge in [-0.1, -0.05) is 17.7 Å². The predicted molar refractivity (Wildman–Crippen MR) is 78.9 cm³/mol. The Morgan fingerprint density at radius 2 is 2.21 bits per heavy atom. The smallest absolute Gasteiger partial charge is 0.137 e. The molecule has 1 aromatic heterocycles. The average Bonchev–Trinajstić information content (AvgIpc) is 2.41. The second-order valence-electron chi connectivity index (χ2n) is 4.19. The van der Waals surface area contributed by atoms with E-state index in [0.29, 0.717) is 15.9 Å². The molecule has 0 saturated carbocycles. The van der Waals surface area contributed by atoms with Crippen molar-refractivity contribution in [1.82, 2.24) is 10.3 Å². The second-order valence-corrected chi connectivity index (χ2v) is 5.45. The van der Waals surface area contributed by atoms with Gasteiger partial charge in [0, 0.05) is 18.4 Å². The first-order valence-corrected chi connectivity index (χ1v) is 6.99. The Bertz CT molecular complexity index is 577. The molecule has 2 aromatic rings. The number of aromatic nitrogens is 1. The lowest BCUT2D eigenvalue weighted by Crippen LogP contribution is -2.19. The summed E-state index contributed by atoms with van der Waals surface area (Å²) in [5.74, 6) is -0.265. The van der Waals surface area contributed by atoms with Gasteiger partial charge in [0.05, 0.1) is 9.50 Å². The first-order valence-electron chi connectivity index (χ1n) is 5.82. The van der Waals surface area contributed by atoms with E-state index in [9.17, 15) is 4.39 Å². The van der Waals surface area contributed by atoms with E-state index in [4.69, 9.17) is 11.6 Å². The summed E-state index contributed by atoms with van der Waals surface area (Å²) in [6.45, 7) is 0. The van der Waals surface area contributed by atoms with Crippen molar-refractivity contribution in [2.45, 2.75) is 12.5 Å². The van der Waals surface area contributed by atoms with Gasteiger partial charge < -0.3 is 5.32 Å². The third kappa shape index (κ3) is 3.53. The number of nitrogens with one attached hydrogen (secondary N) is 1. The topological polar surface area (TPSA) is 24.9 Å². The highest BCUT2D eigenvalue weighted by Gasteiger charge is 2.13. The summed E-state index contributed by atoms with van der Waals surface area (Å²) in [6.07, 6.45) is 4.00. The van der Waals surface area contributed by atoms with Crippen LogP contribution in [0, 0.1) is 5.82 Å². The molecule has 0 aliphatic carbocycles. The van der Waals surface area contributed by atoms with Gasteiger partial charge in [-0.15, -0.1) is 0 Å². The molecule has 0 amide bonds. The molecule has 0 bridgehead atoms. The van der Waals surface area contributed by atoms with Crippen LogP contribution in [0.4, 0.5) is 4.39 Å². The summed E-state index contributed by atoms with van der Waals surface area (Å²) in [4.78, 5) is 3.96. The summed E-state index contributed by atoms with van der Waals surface area (Å²) < 4.78 is 14.0. The average molecular weight is 344 g/mol. The fraction of sp³-hybridized carbons (Fsp3) is 0.214. The van der Waals surface area contributed by atoms with Crippen LogP contribution in [0.5, 0.6) is 0 Å².